The van der Waals surface area contributed by atoms with E-state index in [0.29, 0.717) is 25.2 Å². The summed E-state index contributed by atoms with van der Waals surface area (Å²) in [6, 6.07) is 6.86. The molecule has 3 N–H and O–H groups in total. The van der Waals surface area contributed by atoms with Crippen LogP contribution < -0.4 is 10.0 Å². The highest BCUT2D eigenvalue weighted by molar-refractivity contribution is 7.89. The number of aliphatic hydroxyl groups excluding tert-OH is 1. The van der Waals surface area contributed by atoms with Gasteiger partial charge >= 0.3 is 0 Å². The third kappa shape index (κ3) is 5.48. The number of aliphatic hydroxyl groups is 1. The molecule has 5 nitrogen and oxygen atoms in total. The lowest BCUT2D eigenvalue weighted by atomic mass is 10.2. The van der Waals surface area contributed by atoms with Crippen LogP contribution in [-0.4, -0.2) is 32.7 Å². The molecule has 0 fully saturated rings. The Morgan fingerprint density at radius 1 is 1.25 bits per heavy atom. The van der Waals surface area contributed by atoms with Crippen molar-refractivity contribution < 1.29 is 13.5 Å². The van der Waals surface area contributed by atoms with E-state index in [1.54, 1.807) is 31.2 Å². The third-order valence-electron chi connectivity index (χ3n) is 2.83. The fraction of sp³-hybridized carbons (Fsp3) is 0.571. The minimum absolute atomic E-state index is 0.269. The summed E-state index contributed by atoms with van der Waals surface area (Å²) in [5, 5.41) is 12.3. The highest BCUT2D eigenvalue weighted by Crippen LogP contribution is 2.20. The lowest BCUT2D eigenvalue weighted by Gasteiger charge is -2.13. The van der Waals surface area contributed by atoms with E-state index < -0.39 is 10.0 Å². The van der Waals surface area contributed by atoms with E-state index in [0.717, 1.165) is 12.8 Å². The zero-order valence-electron chi connectivity index (χ0n) is 12.1. The van der Waals surface area contributed by atoms with Crippen molar-refractivity contribution in [2.24, 2.45) is 0 Å². The summed E-state index contributed by atoms with van der Waals surface area (Å²) in [6.45, 7) is 4.72. The van der Waals surface area contributed by atoms with Crippen LogP contribution in [0.4, 0.5) is 5.69 Å². The monoisotopic (exact) mass is 300 g/mol. The van der Waals surface area contributed by atoms with E-state index in [1.807, 2.05) is 6.92 Å². The maximum absolute atomic E-state index is 12.2. The molecule has 0 aliphatic carbocycles. The van der Waals surface area contributed by atoms with Crippen LogP contribution in [0.3, 0.4) is 0 Å². The van der Waals surface area contributed by atoms with Crippen LogP contribution in [0.15, 0.2) is 29.2 Å². The van der Waals surface area contributed by atoms with Gasteiger partial charge in [-0.3, -0.25) is 0 Å². The molecule has 0 aliphatic rings. The van der Waals surface area contributed by atoms with Crippen molar-refractivity contribution in [3.63, 3.8) is 0 Å². The van der Waals surface area contributed by atoms with Crippen molar-refractivity contribution >= 4 is 15.7 Å². The molecule has 0 heterocycles. The lowest BCUT2D eigenvalue weighted by molar-refractivity contribution is 0.183. The van der Waals surface area contributed by atoms with Gasteiger partial charge in [-0.25, -0.2) is 13.1 Å². The Bertz CT molecular complexity index is 501. The summed E-state index contributed by atoms with van der Waals surface area (Å²) in [5.74, 6) is 0. The summed E-state index contributed by atoms with van der Waals surface area (Å²) >= 11 is 0. The maximum atomic E-state index is 12.2. The summed E-state index contributed by atoms with van der Waals surface area (Å²) in [5.41, 5.74) is 0.599. The standard InChI is InChI=1S/C14H24N2O3S/c1-3-10-16-20(18,19)14-9-5-4-8-13(14)15-11-6-7-12(2)17/h4-5,8-9,12,15-17H,3,6-7,10-11H2,1-2H3. The van der Waals surface area contributed by atoms with E-state index in [-0.39, 0.29) is 11.0 Å². The topological polar surface area (TPSA) is 78.4 Å². The number of anilines is 1. The van der Waals surface area contributed by atoms with E-state index >= 15 is 0 Å². The largest absolute Gasteiger partial charge is 0.393 e. The second-order valence-electron chi connectivity index (χ2n) is 4.81. The van der Waals surface area contributed by atoms with Gasteiger partial charge in [-0.1, -0.05) is 19.1 Å². The Hall–Kier alpha value is -1.11. The second kappa shape index (κ2) is 8.24. The predicted octanol–water partition coefficient (Wildman–Crippen LogP) is 1.95. The zero-order chi connectivity index (χ0) is 15.0. The maximum Gasteiger partial charge on any atom is 0.242 e. The van der Waals surface area contributed by atoms with Gasteiger partial charge in [0.25, 0.3) is 0 Å². The average molecular weight is 300 g/mol. The number of sulfonamides is 1. The Balaban J connectivity index is 2.73. The van der Waals surface area contributed by atoms with Crippen LogP contribution in [-0.2, 0) is 10.0 Å². The highest BCUT2D eigenvalue weighted by Gasteiger charge is 2.16. The number of nitrogens with one attached hydrogen (secondary N) is 2. The number of hydrogen-bond donors (Lipinski definition) is 3. The molecular formula is C14H24N2O3S. The molecule has 20 heavy (non-hydrogen) atoms. The molecule has 1 rings (SSSR count). The fourth-order valence-electron chi connectivity index (χ4n) is 1.78. The first kappa shape index (κ1) is 16.9. The molecule has 0 aliphatic heterocycles. The highest BCUT2D eigenvalue weighted by atomic mass is 32.2. The van der Waals surface area contributed by atoms with Crippen molar-refractivity contribution in [1.29, 1.82) is 0 Å². The van der Waals surface area contributed by atoms with Crippen LogP contribution in [0.1, 0.15) is 33.1 Å². The first-order valence-corrected chi connectivity index (χ1v) is 8.46. The summed E-state index contributed by atoms with van der Waals surface area (Å²) in [7, 11) is -3.47. The number of rotatable bonds is 9. The van der Waals surface area contributed by atoms with Gasteiger partial charge in [-0.15, -0.1) is 0 Å². The Morgan fingerprint density at radius 2 is 1.95 bits per heavy atom. The molecule has 0 spiro atoms. The molecule has 1 unspecified atom stereocenters. The van der Waals surface area contributed by atoms with Gasteiger partial charge in [0.15, 0.2) is 0 Å². The van der Waals surface area contributed by atoms with Gasteiger partial charge in [-0.05, 0) is 38.3 Å². The fourth-order valence-corrected chi connectivity index (χ4v) is 3.10. The first-order chi connectivity index (χ1) is 9.47. The first-order valence-electron chi connectivity index (χ1n) is 6.98. The molecule has 114 valence electrons. The molecular weight excluding hydrogens is 276 g/mol. The van der Waals surface area contributed by atoms with Crippen LogP contribution in [0.2, 0.25) is 0 Å². The molecule has 1 aromatic rings. The van der Waals surface area contributed by atoms with Crippen LogP contribution in [0.5, 0.6) is 0 Å². The summed E-state index contributed by atoms with van der Waals surface area (Å²) in [4.78, 5) is 0.269. The zero-order valence-corrected chi connectivity index (χ0v) is 12.9. The number of para-hydroxylation sites is 1. The SMILES string of the molecule is CCCNS(=O)(=O)c1ccccc1NCCCC(C)O. The molecule has 0 radical (unpaired) electrons. The van der Waals surface area contributed by atoms with Crippen LogP contribution >= 0.6 is 0 Å². The van der Waals surface area contributed by atoms with Gasteiger partial charge in [0.05, 0.1) is 11.8 Å². The summed E-state index contributed by atoms with van der Waals surface area (Å²) < 4.78 is 26.9. The molecule has 0 amide bonds. The normalized spacial score (nSPS) is 13.2. The molecule has 6 heteroatoms. The third-order valence-corrected chi connectivity index (χ3v) is 4.35. The van der Waals surface area contributed by atoms with E-state index in [9.17, 15) is 13.5 Å². The molecule has 0 bridgehead atoms. The van der Waals surface area contributed by atoms with Crippen molar-refractivity contribution in [2.45, 2.75) is 44.1 Å². The number of benzene rings is 1. The van der Waals surface area contributed by atoms with Crippen LogP contribution in [0.25, 0.3) is 0 Å². The van der Waals surface area contributed by atoms with Crippen molar-refractivity contribution in [3.8, 4) is 0 Å². The average Bonchev–Trinajstić information content (AvgIpc) is 2.41. The Labute approximate surface area is 121 Å². The molecule has 1 atom stereocenters. The minimum atomic E-state index is -3.47. The smallest absolute Gasteiger partial charge is 0.242 e. The predicted molar refractivity (Wildman–Crippen MR) is 81.3 cm³/mol. The van der Waals surface area contributed by atoms with Gasteiger partial charge < -0.3 is 10.4 Å². The van der Waals surface area contributed by atoms with E-state index in [2.05, 4.69) is 10.0 Å². The Morgan fingerprint density at radius 3 is 2.60 bits per heavy atom. The lowest BCUT2D eigenvalue weighted by Crippen LogP contribution is -2.25. The molecule has 0 saturated heterocycles. The second-order valence-corrected chi connectivity index (χ2v) is 6.55. The van der Waals surface area contributed by atoms with E-state index in [1.165, 1.54) is 0 Å². The van der Waals surface area contributed by atoms with Crippen molar-refractivity contribution in [1.82, 2.24) is 4.72 Å². The molecule has 1 aromatic carbocycles. The number of hydrogen-bond acceptors (Lipinski definition) is 4. The Kier molecular flexibility index (Phi) is 6.98. The van der Waals surface area contributed by atoms with Crippen LogP contribution in [0, 0.1) is 0 Å². The van der Waals surface area contributed by atoms with Gasteiger partial charge in [0.1, 0.15) is 4.90 Å². The quantitative estimate of drug-likeness (QED) is 0.609. The van der Waals surface area contributed by atoms with E-state index in [4.69, 9.17) is 0 Å². The van der Waals surface area contributed by atoms with Gasteiger partial charge in [0.2, 0.25) is 10.0 Å². The van der Waals surface area contributed by atoms with Gasteiger partial charge in [-0.2, -0.15) is 0 Å². The van der Waals surface area contributed by atoms with Gasteiger partial charge in [0, 0.05) is 13.1 Å². The van der Waals surface area contributed by atoms with Crippen molar-refractivity contribution in [3.05, 3.63) is 24.3 Å². The minimum Gasteiger partial charge on any atom is -0.393 e. The molecule has 0 saturated carbocycles. The molecule has 0 aromatic heterocycles. The summed E-state index contributed by atoms with van der Waals surface area (Å²) in [6.07, 6.45) is 1.90. The van der Waals surface area contributed by atoms with Crippen molar-refractivity contribution in [2.75, 3.05) is 18.4 Å².